The molecule has 0 radical (unpaired) electrons. The van der Waals surface area contributed by atoms with Gasteiger partial charge in [-0.2, -0.15) is 0 Å². The molecular formula is C8H16N2O4. The summed E-state index contributed by atoms with van der Waals surface area (Å²) in [6, 6.07) is -1.20. The Hall–Kier alpha value is -1.14. The minimum absolute atomic E-state index is 0.255. The fourth-order valence-corrected chi connectivity index (χ4v) is 0.878. The van der Waals surface area contributed by atoms with E-state index in [1.165, 1.54) is 0 Å². The Labute approximate surface area is 82.3 Å². The number of rotatable bonds is 7. The summed E-state index contributed by atoms with van der Waals surface area (Å²) in [5.41, 5.74) is 0. The molecule has 0 aromatic rings. The molecule has 6 nitrogen and oxygen atoms in total. The minimum Gasteiger partial charge on any atom is -0.480 e. The lowest BCUT2D eigenvalue weighted by Gasteiger charge is -2.11. The summed E-state index contributed by atoms with van der Waals surface area (Å²) < 4.78 is 0. The van der Waals surface area contributed by atoms with Gasteiger partial charge in [-0.25, -0.2) is 4.79 Å². The molecule has 1 unspecified atom stereocenters. The van der Waals surface area contributed by atoms with E-state index in [0.29, 0.717) is 13.0 Å². The summed E-state index contributed by atoms with van der Waals surface area (Å²) in [4.78, 5) is 21.5. The first-order valence-electron chi connectivity index (χ1n) is 4.39. The van der Waals surface area contributed by atoms with Gasteiger partial charge in [-0.1, -0.05) is 0 Å². The average Bonchev–Trinajstić information content (AvgIpc) is 2.14. The van der Waals surface area contributed by atoms with Crippen LogP contribution >= 0.6 is 0 Å². The molecular weight excluding hydrogens is 188 g/mol. The van der Waals surface area contributed by atoms with Gasteiger partial charge >= 0.3 is 5.97 Å². The van der Waals surface area contributed by atoms with Crippen molar-refractivity contribution in [1.82, 2.24) is 10.6 Å². The average molecular weight is 204 g/mol. The zero-order valence-electron chi connectivity index (χ0n) is 8.12. The van der Waals surface area contributed by atoms with Gasteiger partial charge in [-0.15, -0.1) is 0 Å². The first-order chi connectivity index (χ1) is 6.61. The van der Waals surface area contributed by atoms with E-state index in [4.69, 9.17) is 10.2 Å². The molecule has 0 spiro atoms. The van der Waals surface area contributed by atoms with Crippen LogP contribution < -0.4 is 10.6 Å². The van der Waals surface area contributed by atoms with Crippen molar-refractivity contribution in [3.63, 3.8) is 0 Å². The summed E-state index contributed by atoms with van der Waals surface area (Å²) in [5, 5.41) is 22.2. The van der Waals surface area contributed by atoms with Crippen LogP contribution in [0.1, 0.15) is 12.8 Å². The molecule has 0 heterocycles. The number of hydrogen-bond acceptors (Lipinski definition) is 4. The molecule has 0 fully saturated rings. The number of aliphatic hydroxyl groups is 1. The largest absolute Gasteiger partial charge is 0.480 e. The third kappa shape index (κ3) is 5.50. The maximum absolute atomic E-state index is 11.1. The van der Waals surface area contributed by atoms with Crippen LogP contribution in [0.5, 0.6) is 0 Å². The molecule has 1 amide bonds. The maximum Gasteiger partial charge on any atom is 0.328 e. The minimum atomic E-state index is -1.23. The number of carbonyl (C=O) groups is 2. The molecule has 1 atom stereocenters. The third-order valence-corrected chi connectivity index (χ3v) is 1.65. The van der Waals surface area contributed by atoms with Crippen molar-refractivity contribution >= 4 is 11.9 Å². The number of aliphatic hydroxyl groups excluding tert-OH is 1. The Morgan fingerprint density at radius 2 is 2.07 bits per heavy atom. The predicted octanol–water partition coefficient (Wildman–Crippen LogP) is -1.45. The highest BCUT2D eigenvalue weighted by molar-refractivity contribution is 5.83. The molecule has 0 aliphatic heterocycles. The third-order valence-electron chi connectivity index (χ3n) is 1.65. The second-order valence-corrected chi connectivity index (χ2v) is 2.85. The number of carboxylic acids is 1. The van der Waals surface area contributed by atoms with Crippen molar-refractivity contribution in [2.75, 3.05) is 20.2 Å². The number of amides is 1. The van der Waals surface area contributed by atoms with Gasteiger partial charge in [-0.05, 0) is 20.0 Å². The van der Waals surface area contributed by atoms with Crippen LogP contribution in [0.3, 0.4) is 0 Å². The summed E-state index contributed by atoms with van der Waals surface area (Å²) in [7, 11) is 1.77. The molecule has 4 N–H and O–H groups in total. The van der Waals surface area contributed by atoms with Gasteiger partial charge in [0.05, 0.1) is 6.61 Å². The summed E-state index contributed by atoms with van der Waals surface area (Å²) in [5.74, 6) is -1.59. The number of hydrogen-bond donors (Lipinski definition) is 4. The standard InChI is InChI=1S/C8H16N2O4/c1-9-4-2-3-7(12)10-6(5-11)8(13)14/h6,9,11H,2-5H2,1H3,(H,10,12)(H,13,14). The van der Waals surface area contributed by atoms with Crippen LogP contribution in [-0.2, 0) is 9.59 Å². The number of carbonyl (C=O) groups excluding carboxylic acids is 1. The SMILES string of the molecule is CNCCCC(=O)NC(CO)C(=O)O. The van der Waals surface area contributed by atoms with E-state index in [-0.39, 0.29) is 12.3 Å². The smallest absolute Gasteiger partial charge is 0.328 e. The number of carboxylic acid groups (broad SMARTS) is 1. The Kier molecular flexibility index (Phi) is 6.69. The molecule has 0 aromatic carbocycles. The van der Waals surface area contributed by atoms with Gasteiger partial charge in [0.25, 0.3) is 0 Å². The highest BCUT2D eigenvalue weighted by Gasteiger charge is 2.17. The molecule has 0 saturated carbocycles. The summed E-state index contributed by atoms with van der Waals surface area (Å²) in [6.07, 6.45) is 0.894. The molecule has 0 rings (SSSR count). The van der Waals surface area contributed by atoms with E-state index < -0.39 is 18.6 Å². The van der Waals surface area contributed by atoms with Crippen molar-refractivity contribution in [1.29, 1.82) is 0 Å². The van der Waals surface area contributed by atoms with Crippen LogP contribution in [0.25, 0.3) is 0 Å². The van der Waals surface area contributed by atoms with Gasteiger partial charge in [0, 0.05) is 6.42 Å². The second-order valence-electron chi connectivity index (χ2n) is 2.85. The van der Waals surface area contributed by atoms with Gasteiger partial charge in [-0.3, -0.25) is 4.79 Å². The zero-order valence-corrected chi connectivity index (χ0v) is 8.12. The van der Waals surface area contributed by atoms with Crippen LogP contribution in [0, 0.1) is 0 Å². The van der Waals surface area contributed by atoms with Crippen molar-refractivity contribution in [2.45, 2.75) is 18.9 Å². The summed E-state index contributed by atoms with van der Waals surface area (Å²) in [6.45, 7) is 0.109. The van der Waals surface area contributed by atoms with Crippen LogP contribution in [0.15, 0.2) is 0 Å². The number of aliphatic carboxylic acids is 1. The topological polar surface area (TPSA) is 98.7 Å². The first-order valence-corrected chi connectivity index (χ1v) is 4.39. The van der Waals surface area contributed by atoms with Crippen LogP contribution in [0.2, 0.25) is 0 Å². The lowest BCUT2D eigenvalue weighted by Crippen LogP contribution is -2.43. The van der Waals surface area contributed by atoms with Crippen LogP contribution in [-0.4, -0.2) is 48.3 Å². The second kappa shape index (κ2) is 7.28. The molecule has 82 valence electrons. The van der Waals surface area contributed by atoms with E-state index in [9.17, 15) is 9.59 Å². The lowest BCUT2D eigenvalue weighted by molar-refractivity contribution is -0.142. The van der Waals surface area contributed by atoms with Crippen molar-refractivity contribution in [3.8, 4) is 0 Å². The molecule has 14 heavy (non-hydrogen) atoms. The van der Waals surface area contributed by atoms with E-state index in [0.717, 1.165) is 0 Å². The van der Waals surface area contributed by atoms with E-state index in [1.807, 2.05) is 0 Å². The predicted molar refractivity (Wildman–Crippen MR) is 49.8 cm³/mol. The number of nitrogens with one attached hydrogen (secondary N) is 2. The van der Waals surface area contributed by atoms with E-state index >= 15 is 0 Å². The molecule has 0 bridgehead atoms. The Morgan fingerprint density at radius 1 is 1.43 bits per heavy atom. The highest BCUT2D eigenvalue weighted by atomic mass is 16.4. The monoisotopic (exact) mass is 204 g/mol. The fraction of sp³-hybridized carbons (Fsp3) is 0.750. The first kappa shape index (κ1) is 12.9. The quantitative estimate of drug-likeness (QED) is 0.380. The fourth-order valence-electron chi connectivity index (χ4n) is 0.878. The lowest BCUT2D eigenvalue weighted by atomic mass is 10.2. The highest BCUT2D eigenvalue weighted by Crippen LogP contribution is 1.89. The van der Waals surface area contributed by atoms with Crippen LogP contribution in [0.4, 0.5) is 0 Å². The molecule has 0 saturated heterocycles. The van der Waals surface area contributed by atoms with Gasteiger partial charge in [0.15, 0.2) is 0 Å². The maximum atomic E-state index is 11.1. The van der Waals surface area contributed by atoms with Crippen molar-refractivity contribution in [2.24, 2.45) is 0 Å². The summed E-state index contributed by atoms with van der Waals surface area (Å²) >= 11 is 0. The zero-order chi connectivity index (χ0) is 11.0. The van der Waals surface area contributed by atoms with Gasteiger partial charge < -0.3 is 20.8 Å². The van der Waals surface area contributed by atoms with Crippen molar-refractivity contribution < 1.29 is 19.8 Å². The van der Waals surface area contributed by atoms with Gasteiger partial charge in [0.2, 0.25) is 5.91 Å². The van der Waals surface area contributed by atoms with Crippen molar-refractivity contribution in [3.05, 3.63) is 0 Å². The molecule has 0 aliphatic carbocycles. The molecule has 0 aromatic heterocycles. The van der Waals surface area contributed by atoms with E-state index in [1.54, 1.807) is 7.05 Å². The Bertz CT molecular complexity index is 196. The Balaban J connectivity index is 3.74. The van der Waals surface area contributed by atoms with E-state index in [2.05, 4.69) is 10.6 Å². The molecule has 6 heteroatoms. The molecule has 0 aliphatic rings. The normalized spacial score (nSPS) is 12.1. The Morgan fingerprint density at radius 3 is 2.50 bits per heavy atom. The van der Waals surface area contributed by atoms with Gasteiger partial charge in [0.1, 0.15) is 6.04 Å².